The number of hydrogen-bond acceptors (Lipinski definition) is 2. The molecule has 6 heteroatoms. The molecule has 0 aromatic heterocycles. The molecule has 0 rings (SSSR count). The molecule has 2 N–H and O–H groups in total. The SMILES string of the molecule is C[Si](C)(C)C(CCCCC(=O)NCC(=O)O)[Si](C)(C)C. The average Bonchev–Trinajstić information content (AvgIpc) is 2.22. The van der Waals surface area contributed by atoms with Gasteiger partial charge in [0.2, 0.25) is 5.91 Å². The van der Waals surface area contributed by atoms with E-state index in [1.54, 1.807) is 0 Å². The lowest BCUT2D eigenvalue weighted by Gasteiger charge is -2.38. The smallest absolute Gasteiger partial charge is 0.322 e. The Balaban J connectivity index is 4.09. The number of rotatable bonds is 9. The van der Waals surface area contributed by atoms with Crippen LogP contribution in [0, 0.1) is 0 Å². The van der Waals surface area contributed by atoms with Crippen molar-refractivity contribution in [1.29, 1.82) is 0 Å². The molecule has 0 aliphatic rings. The van der Waals surface area contributed by atoms with Crippen molar-refractivity contribution in [2.24, 2.45) is 0 Å². The van der Waals surface area contributed by atoms with E-state index in [-0.39, 0.29) is 12.5 Å². The van der Waals surface area contributed by atoms with Crippen LogP contribution in [0.5, 0.6) is 0 Å². The fourth-order valence-corrected chi connectivity index (χ4v) is 15.6. The highest BCUT2D eigenvalue weighted by Gasteiger charge is 2.36. The van der Waals surface area contributed by atoms with Crippen molar-refractivity contribution in [3.63, 3.8) is 0 Å². The fourth-order valence-electron chi connectivity index (χ4n) is 3.06. The highest BCUT2D eigenvalue weighted by Crippen LogP contribution is 2.36. The molecule has 0 heterocycles. The van der Waals surface area contributed by atoms with Crippen LogP contribution in [0.3, 0.4) is 0 Å². The Kier molecular flexibility index (Phi) is 7.72. The Morgan fingerprint density at radius 1 is 1.00 bits per heavy atom. The molecule has 0 aliphatic carbocycles. The van der Waals surface area contributed by atoms with E-state index in [4.69, 9.17) is 5.11 Å². The van der Waals surface area contributed by atoms with E-state index in [1.807, 2.05) is 0 Å². The molecule has 4 nitrogen and oxygen atoms in total. The first-order valence-electron chi connectivity index (χ1n) is 7.43. The number of carboxylic acid groups (broad SMARTS) is 1. The van der Waals surface area contributed by atoms with Crippen molar-refractivity contribution in [1.82, 2.24) is 5.32 Å². The van der Waals surface area contributed by atoms with E-state index in [2.05, 4.69) is 44.6 Å². The summed E-state index contributed by atoms with van der Waals surface area (Å²) in [5.74, 6) is -1.14. The molecule has 0 radical (unpaired) electrons. The van der Waals surface area contributed by atoms with Gasteiger partial charge in [0.1, 0.15) is 6.54 Å². The average molecular weight is 318 g/mol. The summed E-state index contributed by atoms with van der Waals surface area (Å²) >= 11 is 0. The Morgan fingerprint density at radius 3 is 1.90 bits per heavy atom. The molecular weight excluding hydrogens is 286 g/mol. The van der Waals surface area contributed by atoms with Gasteiger partial charge in [0.25, 0.3) is 0 Å². The van der Waals surface area contributed by atoms with Gasteiger partial charge in [-0.05, 0) is 6.42 Å². The van der Waals surface area contributed by atoms with Gasteiger partial charge in [0.05, 0.1) is 0 Å². The predicted octanol–water partition coefficient (Wildman–Crippen LogP) is 3.33. The van der Waals surface area contributed by atoms with Crippen molar-refractivity contribution < 1.29 is 14.7 Å². The van der Waals surface area contributed by atoms with Gasteiger partial charge in [-0.25, -0.2) is 0 Å². The molecule has 0 saturated heterocycles. The fraction of sp³-hybridized carbons (Fsp3) is 0.857. The van der Waals surface area contributed by atoms with E-state index in [9.17, 15) is 9.59 Å². The summed E-state index contributed by atoms with van der Waals surface area (Å²) in [5, 5.41) is 11.8. The van der Waals surface area contributed by atoms with Gasteiger partial charge >= 0.3 is 5.97 Å². The zero-order valence-electron chi connectivity index (χ0n) is 13.9. The Morgan fingerprint density at radius 2 is 1.50 bits per heavy atom. The molecule has 0 spiro atoms. The van der Waals surface area contributed by atoms with Gasteiger partial charge in [-0.15, -0.1) is 0 Å². The van der Waals surface area contributed by atoms with Crippen LogP contribution in [0.25, 0.3) is 0 Å². The maximum absolute atomic E-state index is 11.4. The van der Waals surface area contributed by atoms with Crippen LogP contribution in [0.15, 0.2) is 0 Å². The summed E-state index contributed by atoms with van der Waals surface area (Å²) in [6.45, 7) is 14.4. The standard InChI is InChI=1S/C14H31NO3Si2/c1-19(2,3)14(20(4,5)6)10-8-7-9-12(16)15-11-13(17)18/h14H,7-11H2,1-6H3,(H,15,16)(H,17,18). The number of amides is 1. The molecule has 118 valence electrons. The third-order valence-corrected chi connectivity index (χ3v) is 13.6. The zero-order valence-corrected chi connectivity index (χ0v) is 15.9. The topological polar surface area (TPSA) is 66.4 Å². The zero-order chi connectivity index (χ0) is 16.0. The van der Waals surface area contributed by atoms with E-state index in [0.29, 0.717) is 6.42 Å². The minimum absolute atomic E-state index is 0.148. The quantitative estimate of drug-likeness (QED) is 0.506. The van der Waals surface area contributed by atoms with Crippen LogP contribution < -0.4 is 5.32 Å². The van der Waals surface area contributed by atoms with Crippen LogP contribution in [0.1, 0.15) is 25.7 Å². The van der Waals surface area contributed by atoms with Crippen LogP contribution >= 0.6 is 0 Å². The number of carbonyl (C=O) groups is 2. The third-order valence-electron chi connectivity index (χ3n) is 3.67. The summed E-state index contributed by atoms with van der Waals surface area (Å²) in [5.41, 5.74) is 0. The second-order valence-corrected chi connectivity index (χ2v) is 19.1. The first-order chi connectivity index (χ1) is 8.94. The molecular formula is C14H31NO3Si2. The maximum Gasteiger partial charge on any atom is 0.322 e. The Labute approximate surface area is 125 Å². The van der Waals surface area contributed by atoms with Gasteiger partial charge in [0.15, 0.2) is 0 Å². The molecule has 0 aromatic carbocycles. The maximum atomic E-state index is 11.4. The predicted molar refractivity (Wildman–Crippen MR) is 89.6 cm³/mol. The molecule has 0 unspecified atom stereocenters. The van der Waals surface area contributed by atoms with Gasteiger partial charge in [0, 0.05) is 22.6 Å². The number of unbranched alkanes of at least 4 members (excludes halogenated alkanes) is 1. The minimum Gasteiger partial charge on any atom is -0.480 e. The lowest BCUT2D eigenvalue weighted by molar-refractivity contribution is -0.137. The van der Waals surface area contributed by atoms with Gasteiger partial charge in [-0.2, -0.15) is 0 Å². The van der Waals surface area contributed by atoms with E-state index in [1.165, 1.54) is 6.42 Å². The van der Waals surface area contributed by atoms with E-state index in [0.717, 1.165) is 18.0 Å². The number of carbonyl (C=O) groups excluding carboxylic acids is 1. The van der Waals surface area contributed by atoms with E-state index < -0.39 is 22.1 Å². The van der Waals surface area contributed by atoms with Gasteiger partial charge in [-0.3, -0.25) is 9.59 Å². The molecule has 0 atom stereocenters. The summed E-state index contributed by atoms with van der Waals surface area (Å²) in [4.78, 5) is 21.8. The number of hydrogen-bond donors (Lipinski definition) is 2. The van der Waals surface area contributed by atoms with Gasteiger partial charge < -0.3 is 10.4 Å². The molecule has 0 fully saturated rings. The van der Waals surface area contributed by atoms with Crippen molar-refractivity contribution in [3.8, 4) is 0 Å². The van der Waals surface area contributed by atoms with Crippen molar-refractivity contribution in [2.75, 3.05) is 6.54 Å². The van der Waals surface area contributed by atoms with Crippen LogP contribution in [0.4, 0.5) is 0 Å². The van der Waals surface area contributed by atoms with E-state index >= 15 is 0 Å². The molecule has 1 amide bonds. The first-order valence-corrected chi connectivity index (χ1v) is 14.6. The highest BCUT2D eigenvalue weighted by molar-refractivity contribution is 6.96. The van der Waals surface area contributed by atoms with Gasteiger partial charge in [-0.1, -0.05) is 57.3 Å². The summed E-state index contributed by atoms with van der Waals surface area (Å²) < 4.78 is 0. The molecule has 0 bridgehead atoms. The van der Waals surface area contributed by atoms with Crippen molar-refractivity contribution in [3.05, 3.63) is 0 Å². The molecule has 0 saturated carbocycles. The number of aliphatic carboxylic acids is 1. The molecule has 0 aromatic rings. The number of nitrogens with one attached hydrogen (secondary N) is 1. The largest absolute Gasteiger partial charge is 0.480 e. The lowest BCUT2D eigenvalue weighted by atomic mass is 10.2. The summed E-state index contributed by atoms with van der Waals surface area (Å²) in [7, 11) is -2.29. The summed E-state index contributed by atoms with van der Waals surface area (Å²) in [6, 6.07) is 0. The number of carboxylic acids is 1. The third kappa shape index (κ3) is 8.53. The minimum atomic E-state index is -1.15. The second kappa shape index (κ2) is 7.97. The Hall–Kier alpha value is -0.626. The van der Waals surface area contributed by atoms with Crippen molar-refractivity contribution in [2.45, 2.75) is 70.1 Å². The molecule has 20 heavy (non-hydrogen) atoms. The highest BCUT2D eigenvalue weighted by atomic mass is 28.4. The van der Waals surface area contributed by atoms with Crippen LogP contribution in [-0.4, -0.2) is 39.7 Å². The monoisotopic (exact) mass is 317 g/mol. The Bertz CT molecular complexity index is 318. The van der Waals surface area contributed by atoms with Crippen molar-refractivity contribution >= 4 is 28.0 Å². The van der Waals surface area contributed by atoms with Crippen LogP contribution in [-0.2, 0) is 9.59 Å². The van der Waals surface area contributed by atoms with Crippen LogP contribution in [0.2, 0.25) is 44.4 Å². The molecule has 0 aliphatic heterocycles. The second-order valence-electron chi connectivity index (χ2n) is 7.70. The first kappa shape index (κ1) is 19.4. The normalized spacial score (nSPS) is 12.6. The lowest BCUT2D eigenvalue weighted by Crippen LogP contribution is -2.43. The summed E-state index contributed by atoms with van der Waals surface area (Å²) in [6.07, 6.45) is 3.59.